The van der Waals surface area contributed by atoms with Gasteiger partial charge < -0.3 is 25.1 Å². The van der Waals surface area contributed by atoms with E-state index in [1.807, 2.05) is 30.3 Å². The fraction of sp³-hybridized carbons (Fsp3) is 0.472. The zero-order valence-corrected chi connectivity index (χ0v) is 25.0. The lowest BCUT2D eigenvalue weighted by molar-refractivity contribution is -0.725. The summed E-state index contributed by atoms with van der Waals surface area (Å²) >= 11 is 0. The number of ether oxygens (including phenoxy) is 1. The molecule has 0 amide bonds. The number of hydrogen-bond donors (Lipinski definition) is 2. The molecule has 0 spiro atoms. The molecule has 3 N–H and O–H groups in total. The van der Waals surface area contributed by atoms with E-state index in [0.29, 0.717) is 23.8 Å². The Kier molecular flexibility index (Phi) is 10.6. The monoisotopic (exact) mass is 609 g/mol. The van der Waals surface area contributed by atoms with E-state index in [9.17, 15) is 28.2 Å². The minimum atomic E-state index is -4.62. The minimum Gasteiger partial charge on any atom is -0.545 e. The predicted octanol–water partition coefficient (Wildman–Crippen LogP) is 6.24. The van der Waals surface area contributed by atoms with Crippen LogP contribution in [0.4, 0.5) is 13.2 Å². The number of alkyl halides is 3. The van der Waals surface area contributed by atoms with Crippen molar-refractivity contribution < 1.29 is 38.2 Å². The van der Waals surface area contributed by atoms with Gasteiger partial charge >= 0.3 is 6.18 Å². The second kappa shape index (κ2) is 14.6. The van der Waals surface area contributed by atoms with Crippen LogP contribution in [0.5, 0.6) is 5.75 Å². The van der Waals surface area contributed by atoms with Gasteiger partial charge in [-0.1, -0.05) is 61.4 Å². The Hall–Kier alpha value is -3.36. The molecule has 3 aromatic rings. The Bertz CT molecular complexity index is 1370. The van der Waals surface area contributed by atoms with Gasteiger partial charge in [-0.15, -0.1) is 0 Å². The Labute approximate surface area is 257 Å². The highest BCUT2D eigenvalue weighted by atomic mass is 19.4. The molecule has 6 rings (SSSR count). The highest BCUT2D eigenvalue weighted by Gasteiger charge is 2.32. The van der Waals surface area contributed by atoms with Gasteiger partial charge in [-0.3, -0.25) is 0 Å². The molecule has 44 heavy (non-hydrogen) atoms. The number of rotatable bonds is 6. The summed E-state index contributed by atoms with van der Waals surface area (Å²) in [5.41, 5.74) is 0.357. The van der Waals surface area contributed by atoms with Crippen molar-refractivity contribution in [3.8, 4) is 16.9 Å². The number of hydrogen-bond acceptors (Lipinski definition) is 4. The van der Waals surface area contributed by atoms with Crippen molar-refractivity contribution in [2.45, 2.75) is 95.0 Å². The largest absolute Gasteiger partial charge is 0.545 e. The van der Waals surface area contributed by atoms with E-state index in [1.54, 1.807) is 6.07 Å². The molecule has 8 heteroatoms. The van der Waals surface area contributed by atoms with Gasteiger partial charge in [-0.2, -0.15) is 13.2 Å². The minimum absolute atomic E-state index is 0.123. The second-order valence-corrected chi connectivity index (χ2v) is 12.5. The molecule has 0 radical (unpaired) electrons. The molecule has 236 valence electrons. The molecule has 1 heterocycles. The fourth-order valence-corrected chi connectivity index (χ4v) is 6.88. The molecule has 0 bridgehead atoms. The van der Waals surface area contributed by atoms with Crippen LogP contribution in [0.1, 0.15) is 97.4 Å². The van der Waals surface area contributed by atoms with Crippen LogP contribution in [-0.2, 0) is 12.6 Å². The molecule has 2 aliphatic carbocycles. The second-order valence-electron chi connectivity index (χ2n) is 12.5. The van der Waals surface area contributed by atoms with E-state index in [0.717, 1.165) is 29.8 Å². The average Bonchev–Trinajstić information content (AvgIpc) is 3.03. The van der Waals surface area contributed by atoms with Crippen molar-refractivity contribution in [1.82, 2.24) is 0 Å². The summed E-state index contributed by atoms with van der Waals surface area (Å²) in [7, 11) is 0. The third kappa shape index (κ3) is 8.21. The van der Waals surface area contributed by atoms with E-state index in [2.05, 4.69) is 5.32 Å². The molecule has 3 aliphatic rings. The number of carboxylic acids is 1. The molecule has 2 fully saturated rings. The maximum Gasteiger partial charge on any atom is 0.416 e. The van der Waals surface area contributed by atoms with Crippen LogP contribution in [0.15, 0.2) is 66.7 Å². The highest BCUT2D eigenvalue weighted by Crippen LogP contribution is 2.41. The zero-order valence-electron chi connectivity index (χ0n) is 25.0. The maximum absolute atomic E-state index is 13.1. The van der Waals surface area contributed by atoms with Crippen molar-refractivity contribution in [2.75, 3.05) is 6.61 Å². The topological polar surface area (TPSA) is 86.2 Å². The third-order valence-electron chi connectivity index (χ3n) is 9.29. The number of carbonyl (C=O) groups is 1. The summed E-state index contributed by atoms with van der Waals surface area (Å²) in [6.07, 6.45) is 10.1. The van der Waals surface area contributed by atoms with E-state index >= 15 is 0 Å². The van der Waals surface area contributed by atoms with Gasteiger partial charge in [0.15, 0.2) is 0 Å². The molecule has 2 saturated carbocycles. The summed E-state index contributed by atoms with van der Waals surface area (Å²) in [6.45, 7) is 0.225. The lowest BCUT2D eigenvalue weighted by Crippen LogP contribution is -2.95. The van der Waals surface area contributed by atoms with Gasteiger partial charge in [0, 0.05) is 17.0 Å². The number of quaternary nitrogens is 1. The summed E-state index contributed by atoms with van der Waals surface area (Å²) in [5, 5.41) is 25.0. The molecular formula is C36H42F3NO4. The number of carbonyl (C=O) groups excluding carboxylic acids is 1. The Morgan fingerprint density at radius 2 is 1.50 bits per heavy atom. The number of nitrogens with two attached hydrogens (primary N) is 1. The predicted molar refractivity (Wildman–Crippen MR) is 161 cm³/mol. The molecule has 0 saturated heterocycles. The van der Waals surface area contributed by atoms with Gasteiger partial charge in [0.2, 0.25) is 0 Å². The van der Waals surface area contributed by atoms with E-state index in [-0.39, 0.29) is 29.2 Å². The summed E-state index contributed by atoms with van der Waals surface area (Å²) in [5.74, 6) is -1.45. The van der Waals surface area contributed by atoms with Crippen molar-refractivity contribution in [1.29, 1.82) is 0 Å². The molecule has 5 nitrogen and oxygen atoms in total. The van der Waals surface area contributed by atoms with Crippen LogP contribution in [0.2, 0.25) is 0 Å². The SMILES string of the molecule is C1CCC([NH2+]C2CCCCC2)CC1.O=C([O-])c1ccc(C(F)(F)F)cc1-c1ccc2c(c1)OCC(Cc1ccccc1)C2O. The quantitative estimate of drug-likeness (QED) is 0.347. The maximum atomic E-state index is 13.1. The lowest BCUT2D eigenvalue weighted by atomic mass is 9.87. The van der Waals surface area contributed by atoms with Crippen molar-refractivity contribution in [2.24, 2.45) is 5.92 Å². The molecule has 1 aliphatic heterocycles. The highest BCUT2D eigenvalue weighted by molar-refractivity contribution is 5.95. The van der Waals surface area contributed by atoms with Crippen molar-refractivity contribution in [3.63, 3.8) is 0 Å². The van der Waals surface area contributed by atoms with Gasteiger partial charge in [-0.25, -0.2) is 0 Å². The third-order valence-corrected chi connectivity index (χ3v) is 9.29. The van der Waals surface area contributed by atoms with E-state index in [4.69, 9.17) is 4.74 Å². The molecule has 2 unspecified atom stereocenters. The molecule has 0 aromatic heterocycles. The van der Waals surface area contributed by atoms with Crippen LogP contribution in [0.3, 0.4) is 0 Å². The van der Waals surface area contributed by atoms with Crippen molar-refractivity contribution in [3.05, 3.63) is 89.0 Å². The van der Waals surface area contributed by atoms with E-state index in [1.165, 1.54) is 76.3 Å². The average molecular weight is 610 g/mol. The summed E-state index contributed by atoms with van der Waals surface area (Å²) in [6, 6.07) is 18.5. The zero-order chi connectivity index (χ0) is 31.1. The molecular weight excluding hydrogens is 567 g/mol. The van der Waals surface area contributed by atoms with Crippen LogP contribution in [0.25, 0.3) is 11.1 Å². The number of aromatic carboxylic acids is 1. The molecule has 2 atom stereocenters. The number of benzene rings is 3. The first kappa shape index (κ1) is 32.0. The van der Waals surface area contributed by atoms with Crippen LogP contribution >= 0.6 is 0 Å². The van der Waals surface area contributed by atoms with Gasteiger partial charge in [0.25, 0.3) is 0 Å². The summed E-state index contributed by atoms with van der Waals surface area (Å²) in [4.78, 5) is 11.4. The number of fused-ring (bicyclic) bond motifs is 1. The molecule has 3 aromatic carbocycles. The number of aliphatic hydroxyl groups is 1. The van der Waals surface area contributed by atoms with Crippen LogP contribution in [-0.4, -0.2) is 29.8 Å². The van der Waals surface area contributed by atoms with E-state index < -0.39 is 23.8 Å². The van der Waals surface area contributed by atoms with Gasteiger partial charge in [-0.05, 0) is 92.7 Å². The van der Waals surface area contributed by atoms with Crippen molar-refractivity contribution >= 4 is 5.97 Å². The Morgan fingerprint density at radius 1 is 0.864 bits per heavy atom. The Balaban J connectivity index is 0.000000245. The number of carboxylic acid groups (broad SMARTS) is 1. The standard InChI is InChI=1S/C24H19F3O4.C12H23N/c25-24(26,27)17-7-9-18(23(29)30)20(12-17)15-6-8-19-21(11-15)31-13-16(22(19)28)10-14-4-2-1-3-5-14;1-3-7-11(8-4-1)13-12-9-5-2-6-10-12/h1-9,11-12,16,22,28H,10,13H2,(H,29,30);11-13H,1-10H2. The summed E-state index contributed by atoms with van der Waals surface area (Å²) < 4.78 is 45.2. The fourth-order valence-electron chi connectivity index (χ4n) is 6.88. The first-order valence-electron chi connectivity index (χ1n) is 16.0. The van der Waals surface area contributed by atoms with Gasteiger partial charge in [0.1, 0.15) is 5.75 Å². The van der Waals surface area contributed by atoms with Crippen LogP contribution in [0, 0.1) is 5.92 Å². The van der Waals surface area contributed by atoms with Crippen LogP contribution < -0.4 is 15.2 Å². The smallest absolute Gasteiger partial charge is 0.416 e. The first-order chi connectivity index (χ1) is 21.2. The number of halogens is 3. The first-order valence-corrected chi connectivity index (χ1v) is 16.0. The number of aliphatic hydroxyl groups excluding tert-OH is 1. The lowest BCUT2D eigenvalue weighted by Gasteiger charge is -2.31. The van der Waals surface area contributed by atoms with Gasteiger partial charge in [0.05, 0.1) is 36.3 Å². The Morgan fingerprint density at radius 3 is 2.09 bits per heavy atom. The normalized spacial score (nSPS) is 21.0.